The minimum absolute atomic E-state index is 0. The van der Waals surface area contributed by atoms with Crippen LogP contribution in [0.15, 0.2) is 65.3 Å². The van der Waals surface area contributed by atoms with Gasteiger partial charge in [-0.25, -0.2) is 88.1 Å². The molecule has 34 nitrogen and oxygen atoms in total. The summed E-state index contributed by atoms with van der Waals surface area (Å²) in [4.78, 5) is 177. The molecule has 104 heavy (non-hydrogen) atoms. The van der Waals surface area contributed by atoms with Gasteiger partial charge in [-0.15, -0.1) is 6.58 Å². The van der Waals surface area contributed by atoms with Crippen molar-refractivity contribution in [2.45, 2.75) is 149 Å². The number of ketones is 1. The van der Waals surface area contributed by atoms with Gasteiger partial charge in [0.15, 0.2) is 10.9 Å². The van der Waals surface area contributed by atoms with Crippen LogP contribution in [0, 0.1) is 13.8 Å². The maximum absolute atomic E-state index is 11.9. The SMILES string of the molecule is C.C.C=C(C)C.CC.CCC(=O)Nc1nc(=O)n(CC)c(=O)n1PC.CCC(=O)Nc1nc(=O)n(CC)c(=O)n1PC.CCn1c(=O)nc(N)n(PC)c1=O.CCn1c(=O)nc(SC)n(PC)c1=O.N.[B].[B]B([B])[B].[B]I.[B][B].[B][B][B].[CH2-]C(=O)Nc1nc(=O)n(CC)c(=O)n1PC.[CH2-]C(C)=O.[K+].[K+]. The van der Waals surface area contributed by atoms with Crippen molar-refractivity contribution < 1.29 is 122 Å². The molecule has 0 fully saturated rings. The van der Waals surface area contributed by atoms with Gasteiger partial charge >= 0.3 is 160 Å². The standard InChI is InChI=1S/2C9H15N4O3P.C8H12N4O3P.C7H12N3O2PS.C6H11N4O2P.C4H8.C3H5O.C2H6.2CH4.B4.B3.B2.BI.B.2K.H3N/c2*1-4-6(14)10-7-11-8(15)12(5-2)9(16)13(7)17-3;1-4-11-7(14)10-6(9-5(2)13)12(16-3)8(11)15;1-4-9-5(11)8-6(14-3)10(13-2)7(9)12;1-3-9-5(11)8-4(7)10(13-2)6(9)12;1-4(2)3;1-3(2)4;1-2;;;1-4(2)3;1-3-2;2*1-2;;;;/h2*17H,4-5H2,1-3H3,(H,10,11,14,15);16H,2,4H2,1,3H3,(H,9,10,13,14);13H,4H2,1-3H3;13H,3H2,1-2H3,(H2,7,8,11);1H2,2-3H3;1H2,2H3;1-2H3;2*1H4;;;;;;;;1H3/q;;-1;;;;-1;;;;;;;;;2*+1;. The number of amides is 3. The maximum Gasteiger partial charge on any atom is 1.00 e. The summed E-state index contributed by atoms with van der Waals surface area (Å²) in [5.41, 5.74) is 6.01. The van der Waals surface area contributed by atoms with Gasteiger partial charge in [-0.1, -0.05) is 59.9 Å². The molecule has 552 valence electrons. The molecule has 0 aliphatic heterocycles. The van der Waals surface area contributed by atoms with E-state index in [0.717, 1.165) is 29.9 Å². The first-order valence-corrected chi connectivity index (χ1v) is 38.3. The van der Waals surface area contributed by atoms with Crippen LogP contribution in [0.4, 0.5) is 23.8 Å². The fraction of sp³-hybridized carbons (Fsp3) is 0.540. The van der Waals surface area contributed by atoms with Crippen LogP contribution < -0.4 is 188 Å². The van der Waals surface area contributed by atoms with E-state index in [4.69, 9.17) is 5.73 Å². The zero-order chi connectivity index (χ0) is 78.5. The number of nitrogens with two attached hydrogens (primary N) is 1. The number of anilines is 4. The van der Waals surface area contributed by atoms with E-state index >= 15 is 0 Å². The Hall–Kier alpha value is -2.41. The normalized spacial score (nSPS) is 9.18. The predicted molar refractivity (Wildman–Crippen MR) is 452 cm³/mol. The van der Waals surface area contributed by atoms with Crippen molar-refractivity contribution >= 4 is 207 Å². The first kappa shape index (κ1) is 131. The molecule has 0 saturated carbocycles. The van der Waals surface area contributed by atoms with E-state index in [0.29, 0.717) is 27.0 Å². The molecular formula is C50H95B11IK2N20O14P5S. The smallest absolute Gasteiger partial charge is 0.369 e. The van der Waals surface area contributed by atoms with Crippen molar-refractivity contribution in [3.63, 3.8) is 0 Å². The van der Waals surface area contributed by atoms with Crippen molar-refractivity contribution in [1.82, 2.24) is 75.6 Å². The number of nitrogen functional groups attached to an aromatic ring is 1. The number of halogens is 1. The predicted octanol–water partition coefficient (Wildman–Crippen LogP) is -6.59. The quantitative estimate of drug-likeness (QED) is 0.0153. The molecule has 8 N–H and O–H groups in total. The zero-order valence-corrected chi connectivity index (χ0v) is 76.1. The fourth-order valence-electron chi connectivity index (χ4n) is 5.77. The van der Waals surface area contributed by atoms with Gasteiger partial charge in [0.05, 0.1) is 5.91 Å². The van der Waals surface area contributed by atoms with E-state index in [1.807, 2.05) is 34.4 Å². The number of thioether (sulfide) groups is 1. The average Bonchev–Trinajstić information content (AvgIpc) is 0.856. The van der Waals surface area contributed by atoms with Crippen molar-refractivity contribution in [1.29, 1.82) is 0 Å². The van der Waals surface area contributed by atoms with Gasteiger partial charge in [0.25, 0.3) is 0 Å². The number of nitrogens with zero attached hydrogens (tertiary/aromatic N) is 15. The summed E-state index contributed by atoms with van der Waals surface area (Å²) in [6.45, 7) is 41.3. The summed E-state index contributed by atoms with van der Waals surface area (Å²) < 4.78 is 11.8. The Kier molecular flexibility index (Phi) is 99.1. The third kappa shape index (κ3) is 52.7. The molecular weight excluding hydrogens is 1620 g/mol. The molecule has 3 amide bonds. The van der Waals surface area contributed by atoms with Crippen LogP contribution in [0.5, 0.6) is 0 Å². The van der Waals surface area contributed by atoms with Crippen molar-refractivity contribution in [2.75, 3.05) is 61.3 Å². The second-order valence-corrected chi connectivity index (χ2v) is 22.0. The van der Waals surface area contributed by atoms with Crippen molar-refractivity contribution in [2.24, 2.45) is 0 Å². The van der Waals surface area contributed by atoms with E-state index in [-0.39, 0.29) is 252 Å². The molecule has 5 aromatic heterocycles. The second-order valence-electron chi connectivity index (χ2n) is 16.7. The minimum Gasteiger partial charge on any atom is -0.369 e. The molecule has 0 saturated heterocycles. The monoisotopic (exact) mass is 1710 g/mol. The van der Waals surface area contributed by atoms with Gasteiger partial charge in [0.1, 0.15) is 0 Å². The van der Waals surface area contributed by atoms with E-state index in [1.54, 1.807) is 104 Å². The number of hydrogen-bond acceptors (Lipinski definition) is 22. The number of allylic oxidation sites excluding steroid dienone is 1. The molecule has 5 rings (SSSR count). The van der Waals surface area contributed by atoms with Crippen LogP contribution in [-0.4, -0.2) is 214 Å². The number of Topliss-reactive ketones (excluding diaryl/α,β-unsaturated/α-hetero) is 1. The Morgan fingerprint density at radius 1 is 0.519 bits per heavy atom. The molecule has 0 aliphatic carbocycles. The minimum atomic E-state index is -0.675. The number of hydrogen-bond donors (Lipinski definition) is 5. The van der Waals surface area contributed by atoms with Crippen LogP contribution in [0.2, 0.25) is 0 Å². The molecule has 54 heteroatoms. The van der Waals surface area contributed by atoms with Gasteiger partial charge in [-0.05, 0) is 144 Å². The third-order valence-electron chi connectivity index (χ3n) is 9.61. The largest absolute Gasteiger partial charge is 1.00 e. The summed E-state index contributed by atoms with van der Waals surface area (Å²) in [6.07, 6.45) is 1.66. The molecule has 0 aliphatic rings. The van der Waals surface area contributed by atoms with Gasteiger partial charge < -0.3 is 40.6 Å². The Morgan fingerprint density at radius 2 is 0.712 bits per heavy atom. The first-order valence-electron chi connectivity index (χ1n) is 28.6. The number of carbonyl (C=O) groups is 4. The number of carbonyl (C=O) groups excluding carboxylic acids is 4. The summed E-state index contributed by atoms with van der Waals surface area (Å²) in [5.74, 6) is -1.28. The number of aromatic nitrogens is 15. The molecule has 0 aromatic carbocycles. The molecule has 5 aromatic rings. The van der Waals surface area contributed by atoms with Crippen molar-refractivity contribution in [3.05, 3.63) is 131 Å². The van der Waals surface area contributed by atoms with Crippen LogP contribution in [-0.2, 0) is 51.9 Å². The molecule has 0 bridgehead atoms. The average molecular weight is 1710 g/mol. The van der Waals surface area contributed by atoms with Gasteiger partial charge in [-0.3, -0.25) is 24.6 Å². The van der Waals surface area contributed by atoms with E-state index in [2.05, 4.69) is 121 Å². The molecule has 5 atom stereocenters. The van der Waals surface area contributed by atoms with Gasteiger partial charge in [0.2, 0.25) is 35.6 Å². The van der Waals surface area contributed by atoms with E-state index in [9.17, 15) is 67.1 Å². The van der Waals surface area contributed by atoms with Crippen LogP contribution >= 0.6 is 77.8 Å². The van der Waals surface area contributed by atoms with Crippen LogP contribution in [0.1, 0.15) is 111 Å². The summed E-state index contributed by atoms with van der Waals surface area (Å²) >= 11 is 2.96. The Morgan fingerprint density at radius 3 is 0.904 bits per heavy atom. The number of rotatable bonds is 16. The third-order valence-corrected chi connectivity index (χ3v) is 14.7. The molecule has 5 unspecified atom stereocenters. The zero-order valence-electron chi connectivity index (χ0n) is 61.9. The molecule has 0 spiro atoms. The van der Waals surface area contributed by atoms with Crippen molar-refractivity contribution in [3.8, 4) is 0 Å². The van der Waals surface area contributed by atoms with Crippen LogP contribution in [0.3, 0.4) is 0 Å². The summed E-state index contributed by atoms with van der Waals surface area (Å²) in [7, 11) is 32.7. The number of nitrogens with one attached hydrogen (secondary N) is 3. The maximum atomic E-state index is 11.9. The Labute approximate surface area is 736 Å². The molecule has 5 heterocycles. The van der Waals surface area contributed by atoms with Gasteiger partial charge in [-0.2, -0.15) is 47.3 Å². The fourth-order valence-corrected chi connectivity index (χ4v) is 9.78. The van der Waals surface area contributed by atoms with Gasteiger partial charge in [0, 0.05) is 122 Å². The summed E-state index contributed by atoms with van der Waals surface area (Å²) in [6, 6.07) is 0. The Balaban J connectivity index is -0.0000000836. The topological polar surface area (TPSA) is 450 Å². The van der Waals surface area contributed by atoms with Crippen LogP contribution in [0.25, 0.3) is 0 Å². The second kappa shape index (κ2) is 78.7. The molecule has 20 radical (unpaired) electrons. The Bertz CT molecular complexity index is 3760. The van der Waals surface area contributed by atoms with E-state index < -0.39 is 57.8 Å². The van der Waals surface area contributed by atoms with E-state index in [1.165, 1.54) is 45.9 Å². The summed E-state index contributed by atoms with van der Waals surface area (Å²) in [5, 5.41) is 7.65. The first-order chi connectivity index (χ1) is 46.0.